The molecule has 0 radical (unpaired) electrons. The zero-order valence-corrected chi connectivity index (χ0v) is 17.1. The van der Waals surface area contributed by atoms with Crippen LogP contribution in [0.2, 0.25) is 0 Å². The van der Waals surface area contributed by atoms with Gasteiger partial charge in [0, 0.05) is 38.0 Å². The standard InChI is InChI=1S/C19H26N8O2/c1-13-16(14(2)29-24-13)4-5-18(28)26-8-6-15(7-9-26)19-23-22-17(25(19)3)10-27-12-20-11-21-27/h11-12,15H,4-10H2,1-3H3. The van der Waals surface area contributed by atoms with Crippen molar-refractivity contribution >= 4 is 5.91 Å². The molecule has 0 aromatic carbocycles. The summed E-state index contributed by atoms with van der Waals surface area (Å²) in [7, 11) is 1.99. The normalized spacial score (nSPS) is 15.2. The fraction of sp³-hybridized carbons (Fsp3) is 0.579. The van der Waals surface area contributed by atoms with Crippen molar-refractivity contribution in [3.8, 4) is 0 Å². The van der Waals surface area contributed by atoms with Gasteiger partial charge in [0.1, 0.15) is 30.8 Å². The number of aromatic nitrogens is 7. The first-order valence-electron chi connectivity index (χ1n) is 9.93. The Hall–Kier alpha value is -3.04. The number of piperidine rings is 1. The maximum absolute atomic E-state index is 12.6. The van der Waals surface area contributed by atoms with Gasteiger partial charge in [0.25, 0.3) is 0 Å². The van der Waals surface area contributed by atoms with Gasteiger partial charge in [0.15, 0.2) is 5.82 Å². The summed E-state index contributed by atoms with van der Waals surface area (Å²) >= 11 is 0. The Bertz CT molecular complexity index is 947. The Morgan fingerprint density at radius 1 is 1.24 bits per heavy atom. The van der Waals surface area contributed by atoms with E-state index in [9.17, 15) is 4.79 Å². The Balaban J connectivity index is 1.31. The average molecular weight is 398 g/mol. The third kappa shape index (κ3) is 4.06. The number of nitrogens with zero attached hydrogens (tertiary/aromatic N) is 8. The van der Waals surface area contributed by atoms with Crippen molar-refractivity contribution in [2.45, 2.75) is 52.0 Å². The number of amides is 1. The topological polar surface area (TPSA) is 108 Å². The van der Waals surface area contributed by atoms with E-state index in [4.69, 9.17) is 4.52 Å². The van der Waals surface area contributed by atoms with E-state index in [0.29, 0.717) is 25.3 Å². The molecule has 10 heteroatoms. The molecule has 0 unspecified atom stereocenters. The van der Waals surface area contributed by atoms with E-state index < -0.39 is 0 Å². The number of aryl methyl sites for hydroxylation is 2. The van der Waals surface area contributed by atoms with Crippen LogP contribution in [0.5, 0.6) is 0 Å². The minimum absolute atomic E-state index is 0.188. The highest BCUT2D eigenvalue weighted by atomic mass is 16.5. The molecule has 1 aliphatic heterocycles. The number of hydrogen-bond donors (Lipinski definition) is 0. The summed E-state index contributed by atoms with van der Waals surface area (Å²) in [6, 6.07) is 0. The summed E-state index contributed by atoms with van der Waals surface area (Å²) in [6.45, 7) is 5.85. The average Bonchev–Trinajstić information content (AvgIpc) is 3.44. The van der Waals surface area contributed by atoms with Crippen LogP contribution in [-0.4, -0.2) is 58.6 Å². The Morgan fingerprint density at radius 3 is 2.69 bits per heavy atom. The monoisotopic (exact) mass is 398 g/mol. The quantitative estimate of drug-likeness (QED) is 0.617. The molecule has 0 aliphatic carbocycles. The second-order valence-corrected chi connectivity index (χ2v) is 7.58. The fourth-order valence-corrected chi connectivity index (χ4v) is 3.96. The van der Waals surface area contributed by atoms with Crippen LogP contribution in [0.15, 0.2) is 17.2 Å². The van der Waals surface area contributed by atoms with Gasteiger partial charge in [0.05, 0.1) is 5.69 Å². The van der Waals surface area contributed by atoms with Crippen LogP contribution < -0.4 is 0 Å². The zero-order valence-electron chi connectivity index (χ0n) is 17.1. The lowest BCUT2D eigenvalue weighted by Crippen LogP contribution is -2.38. The van der Waals surface area contributed by atoms with Crippen molar-refractivity contribution in [3.05, 3.63) is 41.3 Å². The van der Waals surface area contributed by atoms with E-state index in [1.165, 1.54) is 6.33 Å². The first-order chi connectivity index (χ1) is 14.0. The summed E-state index contributed by atoms with van der Waals surface area (Å²) in [5.74, 6) is 3.13. The van der Waals surface area contributed by atoms with Gasteiger partial charge in [-0.05, 0) is 33.1 Å². The Kier molecular flexibility index (Phi) is 5.41. The molecule has 3 aromatic rings. The van der Waals surface area contributed by atoms with Crippen molar-refractivity contribution in [2.75, 3.05) is 13.1 Å². The molecule has 154 valence electrons. The van der Waals surface area contributed by atoms with Gasteiger partial charge in [-0.3, -0.25) is 4.79 Å². The molecule has 1 amide bonds. The molecule has 4 heterocycles. The van der Waals surface area contributed by atoms with E-state index in [1.54, 1.807) is 11.0 Å². The van der Waals surface area contributed by atoms with Crippen LogP contribution in [-0.2, 0) is 24.8 Å². The van der Waals surface area contributed by atoms with Crippen LogP contribution in [0.3, 0.4) is 0 Å². The van der Waals surface area contributed by atoms with Gasteiger partial charge in [-0.15, -0.1) is 10.2 Å². The first-order valence-corrected chi connectivity index (χ1v) is 9.93. The van der Waals surface area contributed by atoms with Crippen molar-refractivity contribution in [1.29, 1.82) is 0 Å². The molecule has 10 nitrogen and oxygen atoms in total. The third-order valence-electron chi connectivity index (χ3n) is 5.75. The zero-order chi connectivity index (χ0) is 20.4. The van der Waals surface area contributed by atoms with Crippen LogP contribution in [0, 0.1) is 13.8 Å². The lowest BCUT2D eigenvalue weighted by atomic mass is 9.95. The van der Waals surface area contributed by atoms with Crippen molar-refractivity contribution < 1.29 is 9.32 Å². The van der Waals surface area contributed by atoms with E-state index in [2.05, 4.69) is 25.4 Å². The minimum atomic E-state index is 0.188. The minimum Gasteiger partial charge on any atom is -0.361 e. The highest BCUT2D eigenvalue weighted by Crippen LogP contribution is 2.27. The summed E-state index contributed by atoms with van der Waals surface area (Å²) in [5, 5.41) is 16.8. The third-order valence-corrected chi connectivity index (χ3v) is 5.75. The number of hydrogen-bond acceptors (Lipinski definition) is 7. The van der Waals surface area contributed by atoms with Gasteiger partial charge in [-0.2, -0.15) is 5.10 Å². The Labute approximate surface area is 168 Å². The maximum atomic E-state index is 12.6. The van der Waals surface area contributed by atoms with Crippen LogP contribution in [0.1, 0.15) is 53.8 Å². The van der Waals surface area contributed by atoms with Gasteiger partial charge >= 0.3 is 0 Å². The SMILES string of the molecule is Cc1noc(C)c1CCC(=O)N1CCC(c2nnc(Cn3cncn3)n2C)CC1. The molecule has 1 aliphatic rings. The maximum Gasteiger partial charge on any atom is 0.222 e. The molecule has 0 saturated carbocycles. The lowest BCUT2D eigenvalue weighted by Gasteiger charge is -2.31. The lowest BCUT2D eigenvalue weighted by molar-refractivity contribution is -0.132. The predicted molar refractivity (Wildman–Crippen MR) is 103 cm³/mol. The number of carbonyl (C=O) groups is 1. The predicted octanol–water partition coefficient (Wildman–Crippen LogP) is 1.40. The number of rotatable bonds is 6. The van der Waals surface area contributed by atoms with Crippen LogP contribution in [0.25, 0.3) is 0 Å². The first kappa shape index (κ1) is 19.3. The molecular weight excluding hydrogens is 372 g/mol. The van der Waals surface area contributed by atoms with Crippen molar-refractivity contribution in [3.63, 3.8) is 0 Å². The van der Waals surface area contributed by atoms with Gasteiger partial charge in [-0.25, -0.2) is 9.67 Å². The molecule has 1 fully saturated rings. The highest BCUT2D eigenvalue weighted by molar-refractivity contribution is 5.76. The van der Waals surface area contributed by atoms with E-state index in [1.807, 2.05) is 30.4 Å². The fourth-order valence-electron chi connectivity index (χ4n) is 3.96. The molecule has 29 heavy (non-hydrogen) atoms. The molecular formula is C19H26N8O2. The van der Waals surface area contributed by atoms with E-state index in [-0.39, 0.29) is 5.91 Å². The molecule has 4 rings (SSSR count). The molecule has 3 aromatic heterocycles. The highest BCUT2D eigenvalue weighted by Gasteiger charge is 2.27. The largest absolute Gasteiger partial charge is 0.361 e. The Morgan fingerprint density at radius 2 is 2.03 bits per heavy atom. The van der Waals surface area contributed by atoms with Crippen molar-refractivity contribution in [1.82, 2.24) is 39.6 Å². The van der Waals surface area contributed by atoms with Gasteiger partial charge < -0.3 is 14.0 Å². The number of likely N-dealkylation sites (tertiary alicyclic amines) is 1. The summed E-state index contributed by atoms with van der Waals surface area (Å²) in [5.41, 5.74) is 1.92. The van der Waals surface area contributed by atoms with E-state index in [0.717, 1.165) is 54.6 Å². The van der Waals surface area contributed by atoms with Crippen LogP contribution in [0.4, 0.5) is 0 Å². The van der Waals surface area contributed by atoms with Crippen LogP contribution >= 0.6 is 0 Å². The molecule has 0 bridgehead atoms. The summed E-state index contributed by atoms with van der Waals surface area (Å²) in [4.78, 5) is 18.6. The molecule has 0 N–H and O–H groups in total. The summed E-state index contributed by atoms with van der Waals surface area (Å²) < 4.78 is 8.96. The molecule has 0 atom stereocenters. The molecule has 1 saturated heterocycles. The second kappa shape index (κ2) is 8.14. The molecule has 0 spiro atoms. The second-order valence-electron chi connectivity index (χ2n) is 7.58. The summed E-state index contributed by atoms with van der Waals surface area (Å²) in [6.07, 6.45) is 6.13. The van der Waals surface area contributed by atoms with Gasteiger partial charge in [-0.1, -0.05) is 5.16 Å². The van der Waals surface area contributed by atoms with E-state index >= 15 is 0 Å². The smallest absolute Gasteiger partial charge is 0.222 e. The van der Waals surface area contributed by atoms with Gasteiger partial charge in [0.2, 0.25) is 5.91 Å². The number of carbonyl (C=O) groups excluding carboxylic acids is 1. The van der Waals surface area contributed by atoms with Crippen molar-refractivity contribution in [2.24, 2.45) is 7.05 Å².